The molecule has 2 N–H and O–H groups in total. The van der Waals surface area contributed by atoms with Crippen molar-refractivity contribution in [1.82, 2.24) is 4.90 Å². The lowest BCUT2D eigenvalue weighted by Crippen LogP contribution is -2.32. The summed E-state index contributed by atoms with van der Waals surface area (Å²) in [6.45, 7) is 7.18. The largest absolute Gasteiger partial charge is 0.334 e. The zero-order chi connectivity index (χ0) is 14.0. The fraction of sp³-hybridized carbons (Fsp3) is 0.562. The SMILES string of the molecule is CCN1C(=O)CC(N)C1c1ccc(CC(C)C)cc1. The van der Waals surface area contributed by atoms with Gasteiger partial charge in [0.15, 0.2) is 0 Å². The Morgan fingerprint density at radius 2 is 1.95 bits per heavy atom. The summed E-state index contributed by atoms with van der Waals surface area (Å²) < 4.78 is 0. The zero-order valence-corrected chi connectivity index (χ0v) is 12.1. The van der Waals surface area contributed by atoms with E-state index in [9.17, 15) is 4.79 Å². The fourth-order valence-corrected chi connectivity index (χ4v) is 2.94. The van der Waals surface area contributed by atoms with Crippen LogP contribution in [0.25, 0.3) is 0 Å². The molecule has 1 aromatic rings. The molecule has 0 bridgehead atoms. The number of carbonyl (C=O) groups excluding carboxylic acids is 1. The summed E-state index contributed by atoms with van der Waals surface area (Å²) in [6, 6.07) is 8.55. The highest BCUT2D eigenvalue weighted by molar-refractivity contribution is 5.80. The number of rotatable bonds is 4. The summed E-state index contributed by atoms with van der Waals surface area (Å²) in [6.07, 6.45) is 1.56. The van der Waals surface area contributed by atoms with E-state index in [1.54, 1.807) is 0 Å². The highest BCUT2D eigenvalue weighted by atomic mass is 16.2. The highest BCUT2D eigenvalue weighted by Gasteiger charge is 2.37. The van der Waals surface area contributed by atoms with E-state index in [2.05, 4.69) is 38.1 Å². The van der Waals surface area contributed by atoms with Crippen molar-refractivity contribution in [3.8, 4) is 0 Å². The van der Waals surface area contributed by atoms with Gasteiger partial charge in [-0.15, -0.1) is 0 Å². The van der Waals surface area contributed by atoms with Crippen molar-refractivity contribution >= 4 is 5.91 Å². The van der Waals surface area contributed by atoms with E-state index in [-0.39, 0.29) is 18.0 Å². The van der Waals surface area contributed by atoms with Crippen LogP contribution in [0.3, 0.4) is 0 Å². The predicted molar refractivity (Wildman–Crippen MR) is 77.7 cm³/mol. The third kappa shape index (κ3) is 2.98. The molecule has 0 aromatic heterocycles. The number of benzene rings is 1. The van der Waals surface area contributed by atoms with Crippen LogP contribution >= 0.6 is 0 Å². The Bertz CT molecular complexity index is 439. The van der Waals surface area contributed by atoms with Gasteiger partial charge >= 0.3 is 0 Å². The normalized spacial score (nSPS) is 23.4. The van der Waals surface area contributed by atoms with Crippen molar-refractivity contribution in [1.29, 1.82) is 0 Å². The van der Waals surface area contributed by atoms with Gasteiger partial charge in [-0.3, -0.25) is 4.79 Å². The Hall–Kier alpha value is -1.35. The molecule has 2 atom stereocenters. The predicted octanol–water partition coefficient (Wildman–Crippen LogP) is 2.51. The first-order valence-electron chi connectivity index (χ1n) is 7.16. The Balaban J connectivity index is 2.19. The maximum atomic E-state index is 11.9. The fourth-order valence-electron chi connectivity index (χ4n) is 2.94. The van der Waals surface area contributed by atoms with Crippen LogP contribution in [-0.4, -0.2) is 23.4 Å². The molecular weight excluding hydrogens is 236 g/mol. The van der Waals surface area contributed by atoms with Crippen molar-refractivity contribution in [2.45, 2.75) is 45.7 Å². The first-order chi connectivity index (χ1) is 9.02. The summed E-state index contributed by atoms with van der Waals surface area (Å²) in [5.41, 5.74) is 8.63. The van der Waals surface area contributed by atoms with E-state index in [0.29, 0.717) is 12.3 Å². The minimum absolute atomic E-state index is 0.0469. The summed E-state index contributed by atoms with van der Waals surface area (Å²) in [4.78, 5) is 13.7. The number of nitrogens with zero attached hydrogens (tertiary/aromatic N) is 1. The average molecular weight is 260 g/mol. The molecule has 104 valence electrons. The van der Waals surface area contributed by atoms with Crippen LogP contribution in [0.5, 0.6) is 0 Å². The van der Waals surface area contributed by atoms with E-state index in [0.717, 1.165) is 18.5 Å². The van der Waals surface area contributed by atoms with Gasteiger partial charge in [-0.2, -0.15) is 0 Å². The van der Waals surface area contributed by atoms with Crippen molar-refractivity contribution in [2.75, 3.05) is 6.54 Å². The Labute approximate surface area is 115 Å². The summed E-state index contributed by atoms with van der Waals surface area (Å²) in [7, 11) is 0. The maximum absolute atomic E-state index is 11.9. The van der Waals surface area contributed by atoms with Crippen molar-refractivity contribution in [3.63, 3.8) is 0 Å². The van der Waals surface area contributed by atoms with E-state index in [4.69, 9.17) is 5.73 Å². The van der Waals surface area contributed by atoms with Gasteiger partial charge in [0.25, 0.3) is 0 Å². The van der Waals surface area contributed by atoms with Gasteiger partial charge in [0.2, 0.25) is 5.91 Å². The number of amides is 1. The third-order valence-corrected chi connectivity index (χ3v) is 3.78. The lowest BCUT2D eigenvalue weighted by molar-refractivity contribution is -0.128. The van der Waals surface area contributed by atoms with E-state index in [1.165, 1.54) is 5.56 Å². The highest BCUT2D eigenvalue weighted by Crippen LogP contribution is 2.31. The van der Waals surface area contributed by atoms with Crippen LogP contribution in [0, 0.1) is 5.92 Å². The van der Waals surface area contributed by atoms with Crippen molar-refractivity contribution in [3.05, 3.63) is 35.4 Å². The van der Waals surface area contributed by atoms with Crippen LogP contribution in [0.2, 0.25) is 0 Å². The average Bonchev–Trinajstić information content (AvgIpc) is 2.64. The lowest BCUT2D eigenvalue weighted by atomic mass is 9.97. The van der Waals surface area contributed by atoms with Crippen LogP contribution in [0.15, 0.2) is 24.3 Å². The number of nitrogens with two attached hydrogens (primary N) is 1. The second-order valence-corrected chi connectivity index (χ2v) is 5.83. The molecule has 3 heteroatoms. The molecule has 19 heavy (non-hydrogen) atoms. The van der Waals surface area contributed by atoms with Crippen molar-refractivity contribution < 1.29 is 4.79 Å². The van der Waals surface area contributed by atoms with Crippen LogP contribution < -0.4 is 5.73 Å². The smallest absolute Gasteiger partial charge is 0.224 e. The molecule has 2 unspecified atom stereocenters. The molecule has 3 nitrogen and oxygen atoms in total. The molecule has 1 aliphatic rings. The molecule has 0 spiro atoms. The van der Waals surface area contributed by atoms with E-state index in [1.807, 2.05) is 11.8 Å². The number of likely N-dealkylation sites (tertiary alicyclic amines) is 1. The first-order valence-corrected chi connectivity index (χ1v) is 7.16. The zero-order valence-electron chi connectivity index (χ0n) is 12.1. The van der Waals surface area contributed by atoms with Gasteiger partial charge < -0.3 is 10.6 Å². The number of hydrogen-bond acceptors (Lipinski definition) is 2. The van der Waals surface area contributed by atoms with Crippen LogP contribution in [0.1, 0.15) is 44.4 Å². The molecule has 2 rings (SSSR count). The third-order valence-electron chi connectivity index (χ3n) is 3.78. The minimum atomic E-state index is -0.0802. The molecule has 1 fully saturated rings. The number of hydrogen-bond donors (Lipinski definition) is 1. The second-order valence-electron chi connectivity index (χ2n) is 5.83. The van der Waals surface area contributed by atoms with E-state index >= 15 is 0 Å². The number of likely N-dealkylation sites (N-methyl/N-ethyl adjacent to an activating group) is 1. The molecule has 1 amide bonds. The van der Waals surface area contributed by atoms with Gasteiger partial charge in [0, 0.05) is 19.0 Å². The monoisotopic (exact) mass is 260 g/mol. The first kappa shape index (κ1) is 14.1. The molecule has 0 aliphatic carbocycles. The maximum Gasteiger partial charge on any atom is 0.224 e. The second kappa shape index (κ2) is 5.74. The molecule has 1 aromatic carbocycles. The van der Waals surface area contributed by atoms with Crippen molar-refractivity contribution in [2.24, 2.45) is 11.7 Å². The topological polar surface area (TPSA) is 46.3 Å². The Morgan fingerprint density at radius 3 is 2.47 bits per heavy atom. The molecular formula is C16H24N2O. The summed E-state index contributed by atoms with van der Waals surface area (Å²) >= 11 is 0. The van der Waals surface area contributed by atoms with Crippen LogP contribution in [-0.2, 0) is 11.2 Å². The van der Waals surface area contributed by atoms with Gasteiger partial charge in [0.1, 0.15) is 0 Å². The minimum Gasteiger partial charge on any atom is -0.334 e. The molecule has 0 saturated carbocycles. The van der Waals surface area contributed by atoms with Gasteiger partial charge in [-0.1, -0.05) is 38.1 Å². The summed E-state index contributed by atoms with van der Waals surface area (Å²) in [5, 5.41) is 0. The molecule has 0 radical (unpaired) electrons. The molecule has 1 saturated heterocycles. The molecule has 1 aliphatic heterocycles. The van der Waals surface area contributed by atoms with Gasteiger partial charge in [-0.05, 0) is 30.4 Å². The quantitative estimate of drug-likeness (QED) is 0.904. The van der Waals surface area contributed by atoms with E-state index < -0.39 is 0 Å². The Kier molecular flexibility index (Phi) is 4.25. The number of carbonyl (C=O) groups is 1. The standard InChI is InChI=1S/C16H24N2O/c1-4-18-15(19)10-14(17)16(18)13-7-5-12(6-8-13)9-11(2)3/h5-8,11,14,16H,4,9-10,17H2,1-3H3. The van der Waals surface area contributed by atoms with Crippen LogP contribution in [0.4, 0.5) is 0 Å². The lowest BCUT2D eigenvalue weighted by Gasteiger charge is -2.26. The Morgan fingerprint density at radius 1 is 1.32 bits per heavy atom. The van der Waals surface area contributed by atoms with Gasteiger partial charge in [-0.25, -0.2) is 0 Å². The van der Waals surface area contributed by atoms with Gasteiger partial charge in [0.05, 0.1) is 6.04 Å². The summed E-state index contributed by atoms with van der Waals surface area (Å²) in [5.74, 6) is 0.833. The molecule has 1 heterocycles.